The first-order valence-corrected chi connectivity index (χ1v) is 3.67. The van der Waals surface area contributed by atoms with Crippen LogP contribution in [-0.4, -0.2) is 24.1 Å². The van der Waals surface area contributed by atoms with Crippen LogP contribution in [0.4, 0.5) is 0 Å². The summed E-state index contributed by atoms with van der Waals surface area (Å²) in [5, 5.41) is 1.06. The Morgan fingerprint density at radius 1 is 1.54 bits per heavy atom. The van der Waals surface area contributed by atoms with Crippen LogP contribution in [0.3, 0.4) is 0 Å². The third-order valence-corrected chi connectivity index (χ3v) is 1.14. The highest BCUT2D eigenvalue weighted by Gasteiger charge is 2.10. The highest BCUT2D eigenvalue weighted by atomic mass is 16.7. The van der Waals surface area contributed by atoms with Gasteiger partial charge in [-0.3, -0.25) is 9.63 Å². The molecule has 0 aromatic rings. The summed E-state index contributed by atoms with van der Waals surface area (Å²) >= 11 is 0. The van der Waals surface area contributed by atoms with Gasteiger partial charge in [0.25, 0.3) is 5.91 Å². The Hall–Kier alpha value is -1.71. The molecule has 3 heteroatoms. The lowest BCUT2D eigenvalue weighted by atomic mass is 10.4. The molecule has 0 saturated heterocycles. The summed E-state index contributed by atoms with van der Waals surface area (Å²) in [7, 11) is 0. The standard InChI is InChI=1S/C10H11NO2/c1-4-7-10(12)11(8-5-2)13-9-6-3/h2-4H,1,7-9H2. The van der Waals surface area contributed by atoms with Crippen molar-refractivity contribution in [2.24, 2.45) is 0 Å². The number of hydrogen-bond donors (Lipinski definition) is 0. The molecule has 13 heavy (non-hydrogen) atoms. The normalized spacial score (nSPS) is 8.15. The molecule has 0 heterocycles. The third-order valence-electron chi connectivity index (χ3n) is 1.14. The van der Waals surface area contributed by atoms with Crippen molar-refractivity contribution in [1.29, 1.82) is 0 Å². The zero-order valence-corrected chi connectivity index (χ0v) is 7.32. The first kappa shape index (κ1) is 11.3. The van der Waals surface area contributed by atoms with Crippen molar-refractivity contribution < 1.29 is 9.63 Å². The predicted octanol–water partition coefficient (Wildman–Crippen LogP) is 0.589. The van der Waals surface area contributed by atoms with E-state index in [1.165, 1.54) is 6.08 Å². The van der Waals surface area contributed by atoms with Crippen molar-refractivity contribution in [2.75, 3.05) is 13.2 Å². The molecule has 0 unspecified atom stereocenters. The van der Waals surface area contributed by atoms with Crippen LogP contribution in [-0.2, 0) is 9.63 Å². The van der Waals surface area contributed by atoms with E-state index in [1.807, 2.05) is 0 Å². The van der Waals surface area contributed by atoms with Gasteiger partial charge in [0.2, 0.25) is 0 Å². The van der Waals surface area contributed by atoms with Crippen molar-refractivity contribution in [3.8, 4) is 24.7 Å². The summed E-state index contributed by atoms with van der Waals surface area (Å²) < 4.78 is 0. The van der Waals surface area contributed by atoms with Gasteiger partial charge in [0.15, 0.2) is 0 Å². The summed E-state index contributed by atoms with van der Waals surface area (Å²) in [5.74, 6) is 4.29. The molecule has 3 nitrogen and oxygen atoms in total. The van der Waals surface area contributed by atoms with Gasteiger partial charge in [-0.1, -0.05) is 17.9 Å². The first-order valence-electron chi connectivity index (χ1n) is 3.67. The zero-order valence-electron chi connectivity index (χ0n) is 7.32. The summed E-state index contributed by atoms with van der Waals surface area (Å²) in [6.07, 6.45) is 11.7. The number of rotatable bonds is 5. The fourth-order valence-electron chi connectivity index (χ4n) is 0.629. The smallest absolute Gasteiger partial charge is 0.250 e. The van der Waals surface area contributed by atoms with Gasteiger partial charge in [-0.15, -0.1) is 19.4 Å². The molecular weight excluding hydrogens is 166 g/mol. The molecule has 0 atom stereocenters. The second-order valence-electron chi connectivity index (χ2n) is 2.10. The molecule has 0 aliphatic heterocycles. The molecule has 0 aromatic carbocycles. The highest BCUT2D eigenvalue weighted by molar-refractivity contribution is 5.76. The van der Waals surface area contributed by atoms with Gasteiger partial charge in [-0.05, 0) is 0 Å². The van der Waals surface area contributed by atoms with Crippen LogP contribution in [0.1, 0.15) is 6.42 Å². The maximum Gasteiger partial charge on any atom is 0.250 e. The number of amides is 1. The quantitative estimate of drug-likeness (QED) is 0.349. The lowest BCUT2D eigenvalue weighted by Gasteiger charge is -2.16. The number of carbonyl (C=O) groups is 1. The fraction of sp³-hybridized carbons (Fsp3) is 0.300. The lowest BCUT2D eigenvalue weighted by Crippen LogP contribution is -2.31. The maximum atomic E-state index is 11.2. The Bertz CT molecular complexity index is 257. The minimum Gasteiger partial charge on any atom is -0.272 e. The average Bonchev–Trinajstić information content (AvgIpc) is 2.12. The molecule has 0 saturated carbocycles. The monoisotopic (exact) mass is 177 g/mol. The second kappa shape index (κ2) is 6.97. The van der Waals surface area contributed by atoms with Gasteiger partial charge in [0, 0.05) is 6.42 Å². The van der Waals surface area contributed by atoms with Crippen molar-refractivity contribution >= 4 is 5.91 Å². The van der Waals surface area contributed by atoms with E-state index in [2.05, 4.69) is 18.4 Å². The minimum atomic E-state index is -0.247. The number of hydrogen-bond acceptors (Lipinski definition) is 2. The Morgan fingerprint density at radius 2 is 2.23 bits per heavy atom. The maximum absolute atomic E-state index is 11.2. The lowest BCUT2D eigenvalue weighted by molar-refractivity contribution is -0.176. The summed E-state index contributed by atoms with van der Waals surface area (Å²) in [6.45, 7) is 3.55. The van der Waals surface area contributed by atoms with Crippen LogP contribution in [0.2, 0.25) is 0 Å². The molecular formula is C10H11NO2. The van der Waals surface area contributed by atoms with E-state index in [1.54, 1.807) is 0 Å². The predicted molar refractivity (Wildman–Crippen MR) is 50.1 cm³/mol. The summed E-state index contributed by atoms with van der Waals surface area (Å²) in [6, 6.07) is 0. The first-order chi connectivity index (χ1) is 6.26. The van der Waals surface area contributed by atoms with E-state index < -0.39 is 0 Å². The average molecular weight is 177 g/mol. The van der Waals surface area contributed by atoms with Crippen LogP contribution in [0.15, 0.2) is 12.7 Å². The molecule has 1 amide bonds. The minimum absolute atomic E-state index is 0.0323. The molecule has 0 rings (SSSR count). The number of terminal acetylenes is 2. The molecule has 0 aliphatic carbocycles. The van der Waals surface area contributed by atoms with E-state index in [9.17, 15) is 4.79 Å². The molecule has 0 N–H and O–H groups in total. The largest absolute Gasteiger partial charge is 0.272 e. The summed E-state index contributed by atoms with van der Waals surface area (Å²) in [4.78, 5) is 16.1. The fourth-order valence-corrected chi connectivity index (χ4v) is 0.629. The van der Waals surface area contributed by atoms with Crippen molar-refractivity contribution in [2.45, 2.75) is 6.42 Å². The van der Waals surface area contributed by atoms with E-state index in [0.29, 0.717) is 0 Å². The van der Waals surface area contributed by atoms with Gasteiger partial charge < -0.3 is 0 Å². The number of carbonyl (C=O) groups excluding carboxylic acids is 1. The number of nitrogens with zero attached hydrogens (tertiary/aromatic N) is 1. The van der Waals surface area contributed by atoms with E-state index in [-0.39, 0.29) is 25.5 Å². The van der Waals surface area contributed by atoms with Crippen LogP contribution < -0.4 is 0 Å². The van der Waals surface area contributed by atoms with E-state index in [4.69, 9.17) is 17.7 Å². The van der Waals surface area contributed by atoms with Gasteiger partial charge in [-0.2, -0.15) is 0 Å². The SMILES string of the molecule is C#CCON(CC#C)C(=O)CC=C. The Labute approximate surface area is 78.3 Å². The topological polar surface area (TPSA) is 29.5 Å². The van der Waals surface area contributed by atoms with Gasteiger partial charge in [0.1, 0.15) is 13.2 Å². The molecule has 0 spiro atoms. The molecule has 0 bridgehead atoms. The zero-order chi connectivity index (χ0) is 10.1. The van der Waals surface area contributed by atoms with E-state index in [0.717, 1.165) is 5.06 Å². The van der Waals surface area contributed by atoms with Gasteiger partial charge >= 0.3 is 0 Å². The van der Waals surface area contributed by atoms with Crippen molar-refractivity contribution in [3.63, 3.8) is 0 Å². The highest BCUT2D eigenvalue weighted by Crippen LogP contribution is 1.95. The van der Waals surface area contributed by atoms with Crippen LogP contribution in [0, 0.1) is 24.7 Å². The Balaban J connectivity index is 4.09. The number of hydroxylamine groups is 2. The van der Waals surface area contributed by atoms with Crippen LogP contribution in [0.5, 0.6) is 0 Å². The van der Waals surface area contributed by atoms with Crippen LogP contribution >= 0.6 is 0 Å². The Morgan fingerprint density at radius 3 is 2.69 bits per heavy atom. The van der Waals surface area contributed by atoms with Crippen molar-refractivity contribution in [3.05, 3.63) is 12.7 Å². The molecule has 68 valence electrons. The third kappa shape index (κ3) is 4.68. The molecule has 0 radical (unpaired) electrons. The molecule has 0 aliphatic rings. The van der Waals surface area contributed by atoms with Gasteiger partial charge in [0.05, 0.1) is 0 Å². The molecule has 0 aromatic heterocycles. The Kier molecular flexibility index (Phi) is 6.05. The second-order valence-corrected chi connectivity index (χ2v) is 2.10. The molecule has 0 fully saturated rings. The van der Waals surface area contributed by atoms with Crippen molar-refractivity contribution in [1.82, 2.24) is 5.06 Å². The van der Waals surface area contributed by atoms with Gasteiger partial charge in [-0.25, -0.2) is 5.06 Å². The van der Waals surface area contributed by atoms with E-state index >= 15 is 0 Å². The summed E-state index contributed by atoms with van der Waals surface area (Å²) in [5.41, 5.74) is 0. The van der Waals surface area contributed by atoms with Crippen LogP contribution in [0.25, 0.3) is 0 Å².